The fraction of sp³-hybridized carbons (Fsp3) is 0.263. The SMILES string of the molecule is CC(Nc1ncc(F)c(N2C(=O)CC[C@@H]2C(=O)O)n1)c1nc(-c2ccc(Cl)cc2)no1. The minimum Gasteiger partial charge on any atom is -0.480 e. The molecule has 160 valence electrons. The molecule has 2 N–H and O–H groups in total. The van der Waals surface area contributed by atoms with Crippen LogP contribution in [-0.2, 0) is 9.59 Å². The number of hydrogen-bond donors (Lipinski definition) is 2. The van der Waals surface area contributed by atoms with Gasteiger partial charge < -0.3 is 14.9 Å². The van der Waals surface area contributed by atoms with Crippen molar-refractivity contribution in [2.75, 3.05) is 10.2 Å². The van der Waals surface area contributed by atoms with Crippen LogP contribution >= 0.6 is 11.6 Å². The highest BCUT2D eigenvalue weighted by molar-refractivity contribution is 6.30. The van der Waals surface area contributed by atoms with Crippen molar-refractivity contribution < 1.29 is 23.6 Å². The first-order chi connectivity index (χ1) is 14.8. The van der Waals surface area contributed by atoms with Gasteiger partial charge in [-0.1, -0.05) is 16.8 Å². The van der Waals surface area contributed by atoms with Gasteiger partial charge in [0.2, 0.25) is 23.6 Å². The summed E-state index contributed by atoms with van der Waals surface area (Å²) in [5, 5.41) is 16.7. The minimum absolute atomic E-state index is 0.00493. The van der Waals surface area contributed by atoms with Gasteiger partial charge in [-0.3, -0.25) is 9.69 Å². The molecule has 4 rings (SSSR count). The van der Waals surface area contributed by atoms with Gasteiger partial charge in [-0.15, -0.1) is 0 Å². The van der Waals surface area contributed by atoms with Crippen LogP contribution in [0, 0.1) is 5.82 Å². The smallest absolute Gasteiger partial charge is 0.326 e. The number of benzene rings is 1. The molecule has 1 aliphatic rings. The molecule has 3 aromatic rings. The summed E-state index contributed by atoms with van der Waals surface area (Å²) < 4.78 is 19.6. The lowest BCUT2D eigenvalue weighted by atomic mass is 10.2. The van der Waals surface area contributed by atoms with Crippen LogP contribution in [0.2, 0.25) is 5.02 Å². The number of nitrogens with zero attached hydrogens (tertiary/aromatic N) is 5. The molecular formula is C19H16ClFN6O4. The fourth-order valence-corrected chi connectivity index (χ4v) is 3.29. The van der Waals surface area contributed by atoms with Crippen molar-refractivity contribution in [3.05, 3.63) is 47.2 Å². The number of nitrogens with one attached hydrogen (secondary N) is 1. The molecule has 1 fully saturated rings. The van der Waals surface area contributed by atoms with Crippen LogP contribution < -0.4 is 10.2 Å². The van der Waals surface area contributed by atoms with E-state index >= 15 is 0 Å². The van der Waals surface area contributed by atoms with E-state index < -0.39 is 35.6 Å². The molecule has 31 heavy (non-hydrogen) atoms. The van der Waals surface area contributed by atoms with Crippen molar-refractivity contribution in [1.82, 2.24) is 20.1 Å². The van der Waals surface area contributed by atoms with Crippen LogP contribution in [0.25, 0.3) is 11.4 Å². The maximum atomic E-state index is 14.3. The van der Waals surface area contributed by atoms with Crippen molar-refractivity contribution in [3.63, 3.8) is 0 Å². The van der Waals surface area contributed by atoms with E-state index in [9.17, 15) is 19.1 Å². The summed E-state index contributed by atoms with van der Waals surface area (Å²) in [7, 11) is 0. The Morgan fingerprint density at radius 2 is 2.10 bits per heavy atom. The van der Waals surface area contributed by atoms with Crippen molar-refractivity contribution in [1.29, 1.82) is 0 Å². The van der Waals surface area contributed by atoms with Crippen LogP contribution in [0.3, 0.4) is 0 Å². The van der Waals surface area contributed by atoms with E-state index in [0.717, 1.165) is 11.1 Å². The Morgan fingerprint density at radius 3 is 2.81 bits per heavy atom. The number of rotatable bonds is 6. The molecule has 12 heteroatoms. The summed E-state index contributed by atoms with van der Waals surface area (Å²) in [4.78, 5) is 36.6. The van der Waals surface area contributed by atoms with E-state index in [2.05, 4.69) is 25.4 Å². The average Bonchev–Trinajstić information content (AvgIpc) is 3.37. The number of amides is 1. The highest BCUT2D eigenvalue weighted by Gasteiger charge is 2.39. The highest BCUT2D eigenvalue weighted by Crippen LogP contribution is 2.29. The maximum Gasteiger partial charge on any atom is 0.326 e. The largest absolute Gasteiger partial charge is 0.480 e. The first kappa shape index (κ1) is 20.7. The van der Waals surface area contributed by atoms with Gasteiger partial charge in [0, 0.05) is 17.0 Å². The second-order valence-corrected chi connectivity index (χ2v) is 7.29. The summed E-state index contributed by atoms with van der Waals surface area (Å²) in [6.07, 6.45) is 0.941. The quantitative estimate of drug-likeness (QED) is 0.585. The molecule has 0 aliphatic carbocycles. The summed E-state index contributed by atoms with van der Waals surface area (Å²) in [6, 6.07) is 5.16. The monoisotopic (exact) mass is 446 g/mol. The number of aromatic nitrogens is 4. The number of carboxylic acid groups (broad SMARTS) is 1. The van der Waals surface area contributed by atoms with Crippen molar-refractivity contribution in [2.24, 2.45) is 0 Å². The Bertz CT molecular complexity index is 1140. The van der Waals surface area contributed by atoms with Crippen LogP contribution in [0.15, 0.2) is 35.0 Å². The van der Waals surface area contributed by atoms with Crippen LogP contribution in [0.1, 0.15) is 31.7 Å². The predicted molar refractivity (Wildman–Crippen MR) is 107 cm³/mol. The summed E-state index contributed by atoms with van der Waals surface area (Å²) in [5.74, 6) is -2.50. The molecule has 10 nitrogen and oxygen atoms in total. The second kappa shape index (κ2) is 8.26. The Morgan fingerprint density at radius 1 is 1.35 bits per heavy atom. The van der Waals surface area contributed by atoms with Crippen LogP contribution in [0.4, 0.5) is 16.2 Å². The number of carboxylic acids is 1. The van der Waals surface area contributed by atoms with Crippen molar-refractivity contribution >= 4 is 35.2 Å². The van der Waals surface area contributed by atoms with Crippen LogP contribution in [0.5, 0.6) is 0 Å². The van der Waals surface area contributed by atoms with E-state index in [-0.39, 0.29) is 24.7 Å². The zero-order chi connectivity index (χ0) is 22.1. The number of halogens is 2. The number of carbonyl (C=O) groups excluding carboxylic acids is 1. The maximum absolute atomic E-state index is 14.3. The third-order valence-electron chi connectivity index (χ3n) is 4.71. The zero-order valence-corrected chi connectivity index (χ0v) is 16.9. The van der Waals surface area contributed by atoms with Gasteiger partial charge in [-0.2, -0.15) is 9.97 Å². The normalized spacial score (nSPS) is 17.1. The van der Waals surface area contributed by atoms with Gasteiger partial charge in [0.15, 0.2) is 11.6 Å². The van der Waals surface area contributed by atoms with Crippen molar-refractivity contribution in [2.45, 2.75) is 31.8 Å². The average molecular weight is 447 g/mol. The molecule has 1 saturated heterocycles. The summed E-state index contributed by atoms with van der Waals surface area (Å²) in [6.45, 7) is 1.70. The van der Waals surface area contributed by atoms with E-state index in [1.54, 1.807) is 31.2 Å². The van der Waals surface area contributed by atoms with Gasteiger partial charge in [0.05, 0.1) is 6.20 Å². The standard InChI is InChI=1S/C19H16ClFN6O4/c1-9(17-24-15(26-31-17)10-2-4-11(20)5-3-10)23-19-22-8-12(21)16(25-19)27-13(18(29)30)6-7-14(27)28/h2-5,8-9,13H,6-7H2,1H3,(H,29,30)(H,22,23,25)/t9?,13-/m1/s1. The summed E-state index contributed by atoms with van der Waals surface area (Å²) in [5.41, 5.74) is 0.708. The number of aliphatic carboxylic acids is 1. The fourth-order valence-electron chi connectivity index (χ4n) is 3.16. The second-order valence-electron chi connectivity index (χ2n) is 6.85. The minimum atomic E-state index is -1.23. The van der Waals surface area contributed by atoms with Crippen molar-refractivity contribution in [3.8, 4) is 11.4 Å². The highest BCUT2D eigenvalue weighted by atomic mass is 35.5. The first-order valence-electron chi connectivity index (χ1n) is 9.27. The molecule has 0 radical (unpaired) electrons. The molecular weight excluding hydrogens is 431 g/mol. The van der Waals surface area contributed by atoms with Gasteiger partial charge in [-0.25, -0.2) is 14.2 Å². The summed E-state index contributed by atoms with van der Waals surface area (Å²) >= 11 is 5.88. The molecule has 3 heterocycles. The van der Waals surface area contributed by atoms with E-state index in [1.807, 2.05) is 0 Å². The molecule has 1 aromatic carbocycles. The molecule has 1 aliphatic heterocycles. The zero-order valence-electron chi connectivity index (χ0n) is 16.1. The molecule has 1 amide bonds. The third kappa shape index (κ3) is 4.17. The Labute approximate surface area is 180 Å². The molecule has 2 atom stereocenters. The van der Waals surface area contributed by atoms with E-state index in [0.29, 0.717) is 16.4 Å². The lowest BCUT2D eigenvalue weighted by Gasteiger charge is -2.21. The Balaban J connectivity index is 1.55. The molecule has 1 unspecified atom stereocenters. The van der Waals surface area contributed by atoms with Gasteiger partial charge in [0.1, 0.15) is 12.1 Å². The number of anilines is 2. The lowest BCUT2D eigenvalue weighted by molar-refractivity contribution is -0.138. The van der Waals surface area contributed by atoms with E-state index in [1.165, 1.54) is 0 Å². The Kier molecular flexibility index (Phi) is 5.51. The van der Waals surface area contributed by atoms with Gasteiger partial charge in [-0.05, 0) is 37.6 Å². The third-order valence-corrected chi connectivity index (χ3v) is 4.96. The number of carbonyl (C=O) groups is 2. The molecule has 0 saturated carbocycles. The topological polar surface area (TPSA) is 134 Å². The lowest BCUT2D eigenvalue weighted by Crippen LogP contribution is -2.39. The number of hydrogen-bond acceptors (Lipinski definition) is 8. The molecule has 2 aromatic heterocycles. The Hall–Kier alpha value is -3.60. The molecule has 0 bridgehead atoms. The van der Waals surface area contributed by atoms with Gasteiger partial charge >= 0.3 is 5.97 Å². The van der Waals surface area contributed by atoms with E-state index in [4.69, 9.17) is 16.1 Å². The van der Waals surface area contributed by atoms with Gasteiger partial charge in [0.25, 0.3) is 0 Å². The molecule has 0 spiro atoms. The predicted octanol–water partition coefficient (Wildman–Crippen LogP) is 3.07. The first-order valence-corrected chi connectivity index (χ1v) is 9.64. The van der Waals surface area contributed by atoms with Crippen LogP contribution in [-0.4, -0.2) is 43.1 Å².